The van der Waals surface area contributed by atoms with Crippen molar-refractivity contribution in [3.8, 4) is 0 Å². The smallest absolute Gasteiger partial charge is 0.351 e. The van der Waals surface area contributed by atoms with Gasteiger partial charge >= 0.3 is 12.1 Å². The normalized spacial score (nSPS) is 12.8. The van der Waals surface area contributed by atoms with E-state index in [0.29, 0.717) is 23.5 Å². The highest BCUT2D eigenvalue weighted by atomic mass is 19.4. The summed E-state index contributed by atoms with van der Waals surface area (Å²) in [5.41, 5.74) is -1.96. The molecule has 0 aliphatic heterocycles. The average molecular weight is 407 g/mol. The molecule has 28 heavy (non-hydrogen) atoms. The van der Waals surface area contributed by atoms with Crippen LogP contribution in [0.3, 0.4) is 0 Å². The molecule has 2 heterocycles. The molecule has 0 fully saturated rings. The monoisotopic (exact) mass is 407 g/mol. The van der Waals surface area contributed by atoms with Gasteiger partial charge in [0.15, 0.2) is 11.3 Å². The lowest BCUT2D eigenvalue weighted by Crippen LogP contribution is -2.36. The van der Waals surface area contributed by atoms with E-state index < -0.39 is 23.7 Å². The number of amides is 1. The molecule has 2 aromatic rings. The van der Waals surface area contributed by atoms with Crippen molar-refractivity contribution in [3.63, 3.8) is 0 Å². The molecule has 1 amide bonds. The second kappa shape index (κ2) is 8.38. The van der Waals surface area contributed by atoms with Gasteiger partial charge in [0.2, 0.25) is 0 Å². The van der Waals surface area contributed by atoms with E-state index in [-0.39, 0.29) is 17.0 Å². The molecule has 0 spiro atoms. The summed E-state index contributed by atoms with van der Waals surface area (Å²) >= 11 is 0. The summed E-state index contributed by atoms with van der Waals surface area (Å²) in [6.45, 7) is 8.15. The number of hydrogen-bond acceptors (Lipinski definition) is 4. The molecule has 0 saturated heterocycles. The average Bonchev–Trinajstić information content (AvgIpc) is 3.03. The lowest BCUT2D eigenvalue weighted by molar-refractivity contribution is -0.291. The quantitative estimate of drug-likeness (QED) is 0.540. The predicted octanol–water partition coefficient (Wildman–Crippen LogP) is 3.15. The Morgan fingerprint density at radius 3 is 2.39 bits per heavy atom. The maximum absolute atomic E-state index is 13.9. The summed E-state index contributed by atoms with van der Waals surface area (Å²) in [6.07, 6.45) is -5.14. The van der Waals surface area contributed by atoms with Gasteiger partial charge in [-0.05, 0) is 39.0 Å². The van der Waals surface area contributed by atoms with Gasteiger partial charge < -0.3 is 10.2 Å². The van der Waals surface area contributed by atoms with Gasteiger partial charge in [0.1, 0.15) is 5.69 Å². The Balaban J connectivity index is 2.22. The Morgan fingerprint density at radius 2 is 1.82 bits per heavy atom. The molecule has 2 aromatic heterocycles. The van der Waals surface area contributed by atoms with Gasteiger partial charge in [-0.25, -0.2) is 9.50 Å². The molecule has 0 aromatic carbocycles. The second-order valence-corrected chi connectivity index (χ2v) is 6.29. The van der Waals surface area contributed by atoms with E-state index in [2.05, 4.69) is 20.3 Å². The summed E-state index contributed by atoms with van der Waals surface area (Å²) < 4.78 is 66.4. The van der Waals surface area contributed by atoms with Crippen LogP contribution in [-0.4, -0.2) is 57.8 Å². The van der Waals surface area contributed by atoms with Crippen LogP contribution < -0.4 is 5.32 Å². The minimum Gasteiger partial charge on any atom is -0.351 e. The van der Waals surface area contributed by atoms with Crippen LogP contribution in [0.25, 0.3) is 5.65 Å². The van der Waals surface area contributed by atoms with Crippen LogP contribution in [0.4, 0.5) is 22.0 Å². The van der Waals surface area contributed by atoms with Gasteiger partial charge in [-0.1, -0.05) is 13.8 Å². The van der Waals surface area contributed by atoms with Gasteiger partial charge in [0.05, 0.1) is 0 Å². The second-order valence-electron chi connectivity index (χ2n) is 6.29. The van der Waals surface area contributed by atoms with Gasteiger partial charge in [-0.3, -0.25) is 4.79 Å². The van der Waals surface area contributed by atoms with E-state index in [1.807, 2.05) is 13.8 Å². The number of carbonyl (C=O) groups is 1. The van der Waals surface area contributed by atoms with Crippen LogP contribution in [0, 0.1) is 6.92 Å². The van der Waals surface area contributed by atoms with Crippen LogP contribution in [0.2, 0.25) is 0 Å². The third-order valence-electron chi connectivity index (χ3n) is 4.30. The van der Waals surface area contributed by atoms with E-state index in [9.17, 15) is 26.7 Å². The van der Waals surface area contributed by atoms with E-state index in [4.69, 9.17) is 0 Å². The van der Waals surface area contributed by atoms with Crippen LogP contribution in [-0.2, 0) is 5.92 Å². The predicted molar refractivity (Wildman–Crippen MR) is 92.4 cm³/mol. The number of rotatable bonds is 8. The van der Waals surface area contributed by atoms with Crippen molar-refractivity contribution in [2.75, 3.05) is 26.2 Å². The summed E-state index contributed by atoms with van der Waals surface area (Å²) in [4.78, 5) is 18.3. The summed E-state index contributed by atoms with van der Waals surface area (Å²) in [5.74, 6) is -5.80. The van der Waals surface area contributed by atoms with E-state index in [0.717, 1.165) is 25.7 Å². The fraction of sp³-hybridized carbons (Fsp3) is 0.588. The number of hydrogen-bond donors (Lipinski definition) is 1. The highest BCUT2D eigenvalue weighted by molar-refractivity contribution is 5.93. The largest absolute Gasteiger partial charge is 0.459 e. The first-order valence-electron chi connectivity index (χ1n) is 8.84. The molecule has 2 rings (SSSR count). The van der Waals surface area contributed by atoms with Crippen LogP contribution >= 0.6 is 0 Å². The number of aromatic nitrogens is 3. The minimum absolute atomic E-state index is 0.0440. The Hall–Kier alpha value is -2.30. The minimum atomic E-state index is -5.80. The number of nitrogens with zero attached hydrogens (tertiary/aromatic N) is 4. The van der Waals surface area contributed by atoms with Crippen LogP contribution in [0.1, 0.15) is 42.1 Å². The standard InChI is InChI=1S/C17H22F5N5O/c1-4-26(5-2)8-6-7-23-15(28)12-10-14-24-11(3)9-13(27(14)25-12)16(18,19)17(20,21)22/h9-10H,4-8H2,1-3H3,(H,23,28). The lowest BCUT2D eigenvalue weighted by Gasteiger charge is -2.20. The Morgan fingerprint density at radius 1 is 1.18 bits per heavy atom. The lowest BCUT2D eigenvalue weighted by atomic mass is 10.2. The maximum atomic E-state index is 13.9. The van der Waals surface area contributed by atoms with Gasteiger partial charge in [0.25, 0.3) is 5.91 Å². The third-order valence-corrected chi connectivity index (χ3v) is 4.30. The van der Waals surface area contributed by atoms with Crippen molar-refractivity contribution < 1.29 is 26.7 Å². The van der Waals surface area contributed by atoms with E-state index in [1.165, 1.54) is 6.92 Å². The Labute approximate surface area is 158 Å². The van der Waals surface area contributed by atoms with Crippen molar-refractivity contribution >= 4 is 11.6 Å². The zero-order chi connectivity index (χ0) is 21.1. The van der Waals surface area contributed by atoms with Gasteiger partial charge in [-0.15, -0.1) is 0 Å². The van der Waals surface area contributed by atoms with Crippen molar-refractivity contribution in [1.29, 1.82) is 0 Å². The number of aryl methyl sites for hydroxylation is 1. The molecule has 156 valence electrons. The molecule has 1 N–H and O–H groups in total. The maximum Gasteiger partial charge on any atom is 0.459 e. The number of halogens is 5. The van der Waals surface area contributed by atoms with Crippen molar-refractivity contribution in [1.82, 2.24) is 24.8 Å². The summed E-state index contributed by atoms with van der Waals surface area (Å²) in [7, 11) is 0. The summed E-state index contributed by atoms with van der Waals surface area (Å²) in [5, 5.41) is 6.22. The molecule has 0 saturated carbocycles. The number of nitrogens with one attached hydrogen (secondary N) is 1. The van der Waals surface area contributed by atoms with Crippen LogP contribution in [0.15, 0.2) is 12.1 Å². The summed E-state index contributed by atoms with van der Waals surface area (Å²) in [6, 6.07) is 1.70. The molecule has 11 heteroatoms. The van der Waals surface area contributed by atoms with Gasteiger partial charge in [0, 0.05) is 18.3 Å². The number of fused-ring (bicyclic) bond motifs is 1. The Bertz CT molecular complexity index is 829. The molecule has 0 aliphatic rings. The fourth-order valence-electron chi connectivity index (χ4n) is 2.71. The first-order chi connectivity index (χ1) is 13.0. The first kappa shape index (κ1) is 22.0. The molecule has 0 aliphatic carbocycles. The molecule has 0 atom stereocenters. The third kappa shape index (κ3) is 4.57. The molecule has 0 unspecified atom stereocenters. The fourth-order valence-corrected chi connectivity index (χ4v) is 2.71. The van der Waals surface area contributed by atoms with E-state index >= 15 is 0 Å². The molecule has 6 nitrogen and oxygen atoms in total. The van der Waals surface area contributed by atoms with Crippen LogP contribution in [0.5, 0.6) is 0 Å². The zero-order valence-corrected chi connectivity index (χ0v) is 15.8. The molecular weight excluding hydrogens is 385 g/mol. The van der Waals surface area contributed by atoms with Gasteiger partial charge in [-0.2, -0.15) is 27.1 Å². The zero-order valence-electron chi connectivity index (χ0n) is 15.8. The van der Waals surface area contributed by atoms with Crippen molar-refractivity contribution in [2.45, 2.75) is 39.3 Å². The highest BCUT2D eigenvalue weighted by Crippen LogP contribution is 2.43. The first-order valence-corrected chi connectivity index (χ1v) is 8.84. The SMILES string of the molecule is CCN(CC)CCCNC(=O)c1cc2nc(C)cc(C(F)(F)C(F)(F)F)n2n1. The highest BCUT2D eigenvalue weighted by Gasteiger charge is 2.60. The number of carbonyl (C=O) groups excluding carboxylic acids is 1. The van der Waals surface area contributed by atoms with Crippen molar-refractivity contribution in [3.05, 3.63) is 29.2 Å². The number of alkyl halides is 5. The van der Waals surface area contributed by atoms with Crippen molar-refractivity contribution in [2.24, 2.45) is 0 Å². The van der Waals surface area contributed by atoms with E-state index in [1.54, 1.807) is 0 Å². The molecule has 0 bridgehead atoms. The molecular formula is C17H22F5N5O. The Kier molecular flexibility index (Phi) is 6.58. The topological polar surface area (TPSA) is 62.5 Å². The molecule has 0 radical (unpaired) electrons.